The van der Waals surface area contributed by atoms with Gasteiger partial charge in [0.15, 0.2) is 0 Å². The highest BCUT2D eigenvalue weighted by molar-refractivity contribution is 5.66. The average molecular weight is 332 g/mol. The monoisotopic (exact) mass is 332 g/mol. The molecule has 0 spiro atoms. The first-order chi connectivity index (χ1) is 12.2. The van der Waals surface area contributed by atoms with Gasteiger partial charge in [0.05, 0.1) is 5.69 Å². The fourth-order valence-electron chi connectivity index (χ4n) is 2.49. The second-order valence-corrected chi connectivity index (χ2v) is 6.43. The average Bonchev–Trinajstić information content (AvgIpc) is 2.63. The molecule has 0 aliphatic heterocycles. The van der Waals surface area contributed by atoms with Crippen LogP contribution in [0.4, 0.5) is 17.5 Å². The maximum atomic E-state index is 4.68. The Labute approximate surface area is 149 Å². The normalized spacial score (nSPS) is 10.7. The lowest BCUT2D eigenvalue weighted by molar-refractivity contribution is 0.606. The number of hydrogen-bond donors (Lipinski definition) is 2. The van der Waals surface area contributed by atoms with Crippen molar-refractivity contribution in [1.29, 1.82) is 0 Å². The zero-order valence-corrected chi connectivity index (χ0v) is 14.7. The van der Waals surface area contributed by atoms with Gasteiger partial charge in [0, 0.05) is 23.9 Å². The summed E-state index contributed by atoms with van der Waals surface area (Å²) in [6, 6.07) is 22.2. The molecule has 1 aromatic heterocycles. The van der Waals surface area contributed by atoms with Crippen LogP contribution in [0.25, 0.3) is 11.3 Å². The number of benzene rings is 2. The molecule has 4 heteroatoms. The molecule has 3 aromatic rings. The summed E-state index contributed by atoms with van der Waals surface area (Å²) in [6.45, 7) is 5.34. The molecule has 4 nitrogen and oxygen atoms in total. The molecule has 0 unspecified atom stereocenters. The highest BCUT2D eigenvalue weighted by Crippen LogP contribution is 2.23. The number of nitrogens with one attached hydrogen (secondary N) is 2. The first-order valence-electron chi connectivity index (χ1n) is 8.71. The summed E-state index contributed by atoms with van der Waals surface area (Å²) in [5.41, 5.74) is 2.95. The Morgan fingerprint density at radius 2 is 1.56 bits per heavy atom. The molecule has 1 heterocycles. The van der Waals surface area contributed by atoms with E-state index in [1.54, 1.807) is 0 Å². The van der Waals surface area contributed by atoms with E-state index in [4.69, 9.17) is 0 Å². The van der Waals surface area contributed by atoms with Crippen molar-refractivity contribution in [3.63, 3.8) is 0 Å². The van der Waals surface area contributed by atoms with Crippen molar-refractivity contribution in [3.8, 4) is 11.3 Å². The molecule has 0 aliphatic carbocycles. The standard InChI is InChI=1S/C21H24N4/c1-16(2)13-14-22-20-15-19(17-9-5-3-6-10-17)24-21(25-20)23-18-11-7-4-8-12-18/h3-12,15-16H,13-14H2,1-2H3,(H2,22,23,24,25). The van der Waals surface area contributed by atoms with Gasteiger partial charge in [-0.15, -0.1) is 0 Å². The Morgan fingerprint density at radius 3 is 2.24 bits per heavy atom. The molecular formula is C21H24N4. The Kier molecular flexibility index (Phi) is 5.62. The molecular weight excluding hydrogens is 308 g/mol. The maximum Gasteiger partial charge on any atom is 0.229 e. The van der Waals surface area contributed by atoms with Crippen LogP contribution in [-0.4, -0.2) is 16.5 Å². The molecule has 2 aromatic carbocycles. The van der Waals surface area contributed by atoms with Crippen molar-refractivity contribution in [1.82, 2.24) is 9.97 Å². The van der Waals surface area contributed by atoms with Crippen LogP contribution in [0.2, 0.25) is 0 Å². The van der Waals surface area contributed by atoms with E-state index in [2.05, 4.69) is 46.6 Å². The van der Waals surface area contributed by atoms with Gasteiger partial charge in [0.25, 0.3) is 0 Å². The molecule has 0 saturated heterocycles. The SMILES string of the molecule is CC(C)CCNc1cc(-c2ccccc2)nc(Nc2ccccc2)n1. The first-order valence-corrected chi connectivity index (χ1v) is 8.71. The van der Waals surface area contributed by atoms with Crippen molar-refractivity contribution in [2.45, 2.75) is 20.3 Å². The number of rotatable bonds is 7. The van der Waals surface area contributed by atoms with Crippen molar-refractivity contribution in [2.75, 3.05) is 17.2 Å². The molecule has 0 aliphatic rings. The fraction of sp³-hybridized carbons (Fsp3) is 0.238. The van der Waals surface area contributed by atoms with Crippen molar-refractivity contribution < 1.29 is 0 Å². The van der Waals surface area contributed by atoms with Crippen molar-refractivity contribution in [3.05, 3.63) is 66.7 Å². The second kappa shape index (κ2) is 8.29. The first kappa shape index (κ1) is 17.0. The molecule has 0 fully saturated rings. The summed E-state index contributed by atoms with van der Waals surface area (Å²) in [7, 11) is 0. The largest absolute Gasteiger partial charge is 0.370 e. The van der Waals surface area contributed by atoms with Gasteiger partial charge >= 0.3 is 0 Å². The molecule has 0 bridgehead atoms. The van der Waals surface area contributed by atoms with Crippen LogP contribution in [0.15, 0.2) is 66.7 Å². The van der Waals surface area contributed by atoms with Gasteiger partial charge < -0.3 is 10.6 Å². The number of anilines is 3. The van der Waals surface area contributed by atoms with Crippen LogP contribution >= 0.6 is 0 Å². The number of nitrogens with zero attached hydrogens (tertiary/aromatic N) is 2. The van der Waals surface area contributed by atoms with Gasteiger partial charge in [-0.05, 0) is 24.5 Å². The van der Waals surface area contributed by atoms with Gasteiger partial charge in [0.1, 0.15) is 5.82 Å². The molecule has 0 saturated carbocycles. The fourth-order valence-corrected chi connectivity index (χ4v) is 2.49. The molecule has 3 rings (SSSR count). The Bertz CT molecular complexity index is 786. The van der Waals surface area contributed by atoms with E-state index in [-0.39, 0.29) is 0 Å². The van der Waals surface area contributed by atoms with E-state index in [0.29, 0.717) is 11.9 Å². The predicted molar refractivity (Wildman–Crippen MR) is 105 cm³/mol. The third kappa shape index (κ3) is 5.05. The smallest absolute Gasteiger partial charge is 0.229 e. The van der Waals surface area contributed by atoms with E-state index < -0.39 is 0 Å². The lowest BCUT2D eigenvalue weighted by Crippen LogP contribution is -2.08. The molecule has 2 N–H and O–H groups in total. The zero-order valence-electron chi connectivity index (χ0n) is 14.7. The van der Waals surface area contributed by atoms with E-state index in [1.165, 1.54) is 0 Å². The number of aromatic nitrogens is 2. The van der Waals surface area contributed by atoms with Gasteiger partial charge in [0.2, 0.25) is 5.95 Å². The topological polar surface area (TPSA) is 49.8 Å². The van der Waals surface area contributed by atoms with E-state index >= 15 is 0 Å². The van der Waals surface area contributed by atoms with E-state index in [1.807, 2.05) is 54.6 Å². The Balaban J connectivity index is 1.87. The van der Waals surface area contributed by atoms with Crippen LogP contribution in [0, 0.1) is 5.92 Å². The molecule has 0 atom stereocenters. The summed E-state index contributed by atoms with van der Waals surface area (Å²) < 4.78 is 0. The lowest BCUT2D eigenvalue weighted by atomic mass is 10.1. The van der Waals surface area contributed by atoms with E-state index in [0.717, 1.165) is 35.7 Å². The number of hydrogen-bond acceptors (Lipinski definition) is 4. The second-order valence-electron chi connectivity index (χ2n) is 6.43. The molecule has 0 radical (unpaired) electrons. The minimum Gasteiger partial charge on any atom is -0.370 e. The van der Waals surface area contributed by atoms with Gasteiger partial charge in [-0.1, -0.05) is 62.4 Å². The molecule has 0 amide bonds. The van der Waals surface area contributed by atoms with Crippen LogP contribution in [0.1, 0.15) is 20.3 Å². The van der Waals surface area contributed by atoms with Gasteiger partial charge in [-0.3, -0.25) is 0 Å². The van der Waals surface area contributed by atoms with Crippen LogP contribution in [0.5, 0.6) is 0 Å². The summed E-state index contributed by atoms with van der Waals surface area (Å²) in [5.74, 6) is 2.09. The van der Waals surface area contributed by atoms with Crippen LogP contribution in [0.3, 0.4) is 0 Å². The highest BCUT2D eigenvalue weighted by atomic mass is 15.1. The van der Waals surface area contributed by atoms with Crippen LogP contribution < -0.4 is 10.6 Å². The summed E-state index contributed by atoms with van der Waals surface area (Å²) in [4.78, 5) is 9.30. The quantitative estimate of drug-likeness (QED) is 0.613. The third-order valence-electron chi connectivity index (χ3n) is 3.85. The van der Waals surface area contributed by atoms with Crippen molar-refractivity contribution in [2.24, 2.45) is 5.92 Å². The summed E-state index contributed by atoms with van der Waals surface area (Å²) >= 11 is 0. The molecule has 25 heavy (non-hydrogen) atoms. The predicted octanol–water partition coefficient (Wildman–Crippen LogP) is 5.35. The van der Waals surface area contributed by atoms with Gasteiger partial charge in [-0.25, -0.2) is 4.98 Å². The van der Waals surface area contributed by atoms with Crippen molar-refractivity contribution >= 4 is 17.5 Å². The third-order valence-corrected chi connectivity index (χ3v) is 3.85. The molecule has 128 valence electrons. The van der Waals surface area contributed by atoms with E-state index in [9.17, 15) is 0 Å². The summed E-state index contributed by atoms with van der Waals surface area (Å²) in [6.07, 6.45) is 1.10. The number of para-hydroxylation sites is 1. The van der Waals surface area contributed by atoms with Crippen LogP contribution in [-0.2, 0) is 0 Å². The minimum absolute atomic E-state index is 0.597. The summed E-state index contributed by atoms with van der Waals surface area (Å²) in [5, 5.41) is 6.71. The lowest BCUT2D eigenvalue weighted by Gasteiger charge is -2.12. The van der Waals surface area contributed by atoms with Gasteiger partial charge in [-0.2, -0.15) is 4.98 Å². The highest BCUT2D eigenvalue weighted by Gasteiger charge is 2.07. The zero-order chi connectivity index (χ0) is 17.5. The minimum atomic E-state index is 0.597. The Hall–Kier alpha value is -2.88. The maximum absolute atomic E-state index is 4.68. The Morgan fingerprint density at radius 1 is 0.880 bits per heavy atom.